The van der Waals surface area contributed by atoms with E-state index in [0.717, 1.165) is 5.56 Å². The summed E-state index contributed by atoms with van der Waals surface area (Å²) in [6.45, 7) is 2.07. The monoisotopic (exact) mass is 233 g/mol. The van der Waals surface area contributed by atoms with E-state index >= 15 is 0 Å². The van der Waals surface area contributed by atoms with Crippen LogP contribution in [0.4, 0.5) is 0 Å². The summed E-state index contributed by atoms with van der Waals surface area (Å²) in [5.74, 6) is -0.183. The normalized spacial score (nSPS) is 11.4. The number of rotatable bonds is 5. The molecule has 0 aromatic heterocycles. The molecule has 0 fully saturated rings. The predicted octanol–water partition coefficient (Wildman–Crippen LogP) is 2.26. The molecule has 1 rings (SSSR count). The van der Waals surface area contributed by atoms with E-state index in [4.69, 9.17) is 14.7 Å². The molecule has 0 N–H and O–H groups in total. The molecule has 4 heteroatoms. The molecule has 0 saturated carbocycles. The number of methoxy groups -OCH3 is 1. The molecule has 0 aliphatic heterocycles. The smallest absolute Gasteiger partial charge is 0.307 e. The van der Waals surface area contributed by atoms with Crippen molar-refractivity contribution in [2.24, 2.45) is 0 Å². The van der Waals surface area contributed by atoms with Crippen LogP contribution >= 0.6 is 0 Å². The van der Waals surface area contributed by atoms with E-state index in [1.54, 1.807) is 38.3 Å². The summed E-state index contributed by atoms with van der Waals surface area (Å²) in [7, 11) is 1.56. The van der Waals surface area contributed by atoms with Crippen molar-refractivity contribution in [3.05, 3.63) is 29.8 Å². The number of hydrogen-bond donors (Lipinski definition) is 0. The van der Waals surface area contributed by atoms with Gasteiger partial charge in [0.2, 0.25) is 0 Å². The molecule has 17 heavy (non-hydrogen) atoms. The van der Waals surface area contributed by atoms with Gasteiger partial charge in [-0.1, -0.05) is 12.1 Å². The average Bonchev–Trinajstić information content (AvgIpc) is 2.36. The Labute approximate surface area is 101 Å². The highest BCUT2D eigenvalue weighted by atomic mass is 16.5. The molecule has 0 spiro atoms. The first-order chi connectivity index (χ1) is 8.21. The lowest BCUT2D eigenvalue weighted by Crippen LogP contribution is -2.09. The van der Waals surface area contributed by atoms with E-state index in [2.05, 4.69) is 6.07 Å². The van der Waals surface area contributed by atoms with Crippen LogP contribution in [0.1, 0.15) is 24.8 Å². The summed E-state index contributed by atoms with van der Waals surface area (Å²) >= 11 is 0. The fraction of sp³-hybridized carbons (Fsp3) is 0.385. The van der Waals surface area contributed by atoms with E-state index < -0.39 is 5.92 Å². The number of benzene rings is 1. The van der Waals surface area contributed by atoms with Gasteiger partial charge in [0.15, 0.2) is 0 Å². The molecule has 4 nitrogen and oxygen atoms in total. The third-order valence-electron chi connectivity index (χ3n) is 2.33. The number of esters is 1. The van der Waals surface area contributed by atoms with Crippen LogP contribution in [0.5, 0.6) is 5.75 Å². The Balaban J connectivity index is 2.79. The molecule has 0 amide bonds. The number of nitriles is 1. The van der Waals surface area contributed by atoms with E-state index in [1.807, 2.05) is 0 Å². The molecule has 1 aromatic carbocycles. The second-order valence-electron chi connectivity index (χ2n) is 3.47. The second kappa shape index (κ2) is 6.54. The first-order valence-corrected chi connectivity index (χ1v) is 5.40. The highest BCUT2D eigenvalue weighted by Gasteiger charge is 2.16. The predicted molar refractivity (Wildman–Crippen MR) is 62.6 cm³/mol. The maximum absolute atomic E-state index is 11.3. The Morgan fingerprint density at radius 1 is 1.53 bits per heavy atom. The minimum Gasteiger partial charge on any atom is -0.497 e. The maximum Gasteiger partial charge on any atom is 0.307 e. The van der Waals surface area contributed by atoms with E-state index in [1.165, 1.54) is 0 Å². The van der Waals surface area contributed by atoms with Crippen LogP contribution in [0.3, 0.4) is 0 Å². The van der Waals surface area contributed by atoms with Crippen LogP contribution in [0, 0.1) is 11.3 Å². The zero-order chi connectivity index (χ0) is 12.7. The Morgan fingerprint density at radius 3 is 2.88 bits per heavy atom. The largest absolute Gasteiger partial charge is 0.497 e. The molecule has 0 heterocycles. The van der Waals surface area contributed by atoms with Gasteiger partial charge in [-0.05, 0) is 24.6 Å². The molecule has 1 aromatic rings. The van der Waals surface area contributed by atoms with Gasteiger partial charge in [-0.15, -0.1) is 0 Å². The summed E-state index contributed by atoms with van der Waals surface area (Å²) in [6, 6.07) is 9.25. The van der Waals surface area contributed by atoms with Gasteiger partial charge in [-0.25, -0.2) is 0 Å². The van der Waals surface area contributed by atoms with Gasteiger partial charge >= 0.3 is 5.97 Å². The molecule has 1 unspecified atom stereocenters. The Kier molecular flexibility index (Phi) is 5.02. The average molecular weight is 233 g/mol. The van der Waals surface area contributed by atoms with Gasteiger partial charge in [0.1, 0.15) is 5.75 Å². The lowest BCUT2D eigenvalue weighted by Gasteiger charge is -2.10. The van der Waals surface area contributed by atoms with Crippen LogP contribution in [0.25, 0.3) is 0 Å². The first kappa shape index (κ1) is 13.0. The van der Waals surface area contributed by atoms with Gasteiger partial charge in [-0.3, -0.25) is 4.79 Å². The molecule has 0 aliphatic carbocycles. The SMILES string of the molecule is CCOC(=O)CC(C#N)c1cccc(OC)c1. The lowest BCUT2D eigenvalue weighted by atomic mass is 9.97. The van der Waals surface area contributed by atoms with Crippen molar-refractivity contribution in [1.82, 2.24) is 0 Å². The summed E-state index contributed by atoms with van der Waals surface area (Å²) in [4.78, 5) is 11.3. The van der Waals surface area contributed by atoms with Crippen LogP contribution < -0.4 is 4.74 Å². The van der Waals surface area contributed by atoms with Crippen LogP contribution in [-0.4, -0.2) is 19.7 Å². The van der Waals surface area contributed by atoms with E-state index in [9.17, 15) is 4.79 Å². The number of carbonyl (C=O) groups is 1. The van der Waals surface area contributed by atoms with Crippen molar-refractivity contribution in [2.45, 2.75) is 19.3 Å². The van der Waals surface area contributed by atoms with E-state index in [-0.39, 0.29) is 12.4 Å². The van der Waals surface area contributed by atoms with Crippen molar-refractivity contribution >= 4 is 5.97 Å². The van der Waals surface area contributed by atoms with Crippen molar-refractivity contribution in [3.8, 4) is 11.8 Å². The lowest BCUT2D eigenvalue weighted by molar-refractivity contribution is -0.143. The zero-order valence-electron chi connectivity index (χ0n) is 9.97. The molecule has 1 atom stereocenters. The number of hydrogen-bond acceptors (Lipinski definition) is 4. The summed E-state index contributed by atoms with van der Waals surface area (Å²) in [5.41, 5.74) is 0.764. The second-order valence-corrected chi connectivity index (χ2v) is 3.47. The summed E-state index contributed by atoms with van der Waals surface area (Å²) < 4.78 is 9.91. The summed E-state index contributed by atoms with van der Waals surface area (Å²) in [6.07, 6.45) is 0.0670. The topological polar surface area (TPSA) is 59.3 Å². The van der Waals surface area contributed by atoms with Crippen molar-refractivity contribution in [2.75, 3.05) is 13.7 Å². The van der Waals surface area contributed by atoms with Gasteiger partial charge < -0.3 is 9.47 Å². The highest BCUT2D eigenvalue weighted by molar-refractivity contribution is 5.71. The van der Waals surface area contributed by atoms with Crippen molar-refractivity contribution in [3.63, 3.8) is 0 Å². The van der Waals surface area contributed by atoms with Crippen molar-refractivity contribution < 1.29 is 14.3 Å². The minimum atomic E-state index is -0.496. The van der Waals surface area contributed by atoms with Gasteiger partial charge in [0.05, 0.1) is 32.1 Å². The first-order valence-electron chi connectivity index (χ1n) is 5.40. The van der Waals surface area contributed by atoms with Crippen molar-refractivity contribution in [1.29, 1.82) is 5.26 Å². The number of nitrogens with zero attached hydrogens (tertiary/aromatic N) is 1. The van der Waals surface area contributed by atoms with E-state index in [0.29, 0.717) is 12.4 Å². The molecular formula is C13H15NO3. The number of carbonyl (C=O) groups excluding carboxylic acids is 1. The standard InChI is InChI=1S/C13H15NO3/c1-3-17-13(15)8-11(9-14)10-5-4-6-12(7-10)16-2/h4-7,11H,3,8H2,1-2H3. The zero-order valence-corrected chi connectivity index (χ0v) is 9.97. The molecule has 0 saturated heterocycles. The van der Waals surface area contributed by atoms with Crippen LogP contribution in [0.15, 0.2) is 24.3 Å². The fourth-order valence-electron chi connectivity index (χ4n) is 1.48. The summed E-state index contributed by atoms with van der Waals surface area (Å²) in [5, 5.41) is 9.06. The maximum atomic E-state index is 11.3. The molecule has 90 valence electrons. The molecule has 0 radical (unpaired) electrons. The Hall–Kier alpha value is -2.02. The van der Waals surface area contributed by atoms with Gasteiger partial charge in [-0.2, -0.15) is 5.26 Å². The van der Waals surface area contributed by atoms with Gasteiger partial charge in [0, 0.05) is 0 Å². The molecule has 0 aliphatic rings. The van der Waals surface area contributed by atoms with Gasteiger partial charge in [0.25, 0.3) is 0 Å². The fourth-order valence-corrected chi connectivity index (χ4v) is 1.48. The molecular weight excluding hydrogens is 218 g/mol. The van der Waals surface area contributed by atoms with Crippen LogP contribution in [0.2, 0.25) is 0 Å². The Morgan fingerprint density at radius 2 is 2.29 bits per heavy atom. The molecule has 0 bridgehead atoms. The Bertz CT molecular complexity index is 423. The van der Waals surface area contributed by atoms with Crippen LogP contribution in [-0.2, 0) is 9.53 Å². The highest BCUT2D eigenvalue weighted by Crippen LogP contribution is 2.23. The quantitative estimate of drug-likeness (QED) is 0.732. The minimum absolute atomic E-state index is 0.0670. The third kappa shape index (κ3) is 3.80. The number of ether oxygens (including phenoxy) is 2. The third-order valence-corrected chi connectivity index (χ3v) is 2.33.